The first-order chi connectivity index (χ1) is 30.0. The Morgan fingerprint density at radius 1 is 0.726 bits per heavy atom. The SMILES string of the molecule is C=CCOc1ccc2nc(C3C(=O)c4cc5cc6c(cc5cc4C3=O)C(=O)N(c3cc(Oc4ccc5c(c4)C(C)(C)c4ccccc4-5)ccc3C3=CC=CC3)C6=O)[nH]c(=O)c2c1. The number of aromatic nitrogens is 2. The van der Waals surface area contributed by atoms with Gasteiger partial charge in [-0.05, 0) is 112 Å². The molecule has 0 unspecified atom stereocenters. The van der Waals surface area contributed by atoms with Gasteiger partial charge in [-0.2, -0.15) is 0 Å². The van der Waals surface area contributed by atoms with Crippen LogP contribution in [-0.2, 0) is 5.41 Å². The molecule has 10 nitrogen and oxygen atoms in total. The van der Waals surface area contributed by atoms with Crippen LogP contribution in [0.15, 0.2) is 139 Å². The zero-order chi connectivity index (χ0) is 42.6. The summed E-state index contributed by atoms with van der Waals surface area (Å²) >= 11 is 0. The molecule has 0 bridgehead atoms. The zero-order valence-electron chi connectivity index (χ0n) is 33.6. The third-order valence-corrected chi connectivity index (χ3v) is 12.5. The quantitative estimate of drug-likeness (QED) is 0.0910. The summed E-state index contributed by atoms with van der Waals surface area (Å²) in [5.74, 6) is -2.00. The van der Waals surface area contributed by atoms with Crippen LogP contribution in [0, 0.1) is 0 Å². The number of carbonyl (C=O) groups is 4. The summed E-state index contributed by atoms with van der Waals surface area (Å²) in [6, 6.07) is 31.0. The number of hydrogen-bond donors (Lipinski definition) is 1. The normalized spacial score (nSPS) is 15.9. The Morgan fingerprint density at radius 2 is 1.37 bits per heavy atom. The number of Topliss-reactive ketones (excluding diaryl/α,β-unsaturated/α-hetero) is 2. The molecular formula is C52H35N3O7. The summed E-state index contributed by atoms with van der Waals surface area (Å²) in [5.41, 5.74) is 6.99. The molecule has 1 aliphatic heterocycles. The molecule has 0 atom stereocenters. The first-order valence-corrected chi connectivity index (χ1v) is 20.3. The predicted molar refractivity (Wildman–Crippen MR) is 237 cm³/mol. The van der Waals surface area contributed by atoms with E-state index < -0.39 is 34.9 Å². The number of hydrogen-bond acceptors (Lipinski definition) is 8. The highest BCUT2D eigenvalue weighted by molar-refractivity contribution is 6.36. The molecule has 3 aliphatic carbocycles. The van der Waals surface area contributed by atoms with E-state index in [4.69, 9.17) is 9.47 Å². The van der Waals surface area contributed by atoms with Gasteiger partial charge in [0.15, 0.2) is 11.6 Å². The average molecular weight is 814 g/mol. The zero-order valence-corrected chi connectivity index (χ0v) is 33.6. The lowest BCUT2D eigenvalue weighted by molar-refractivity contribution is 0.0880. The first-order valence-electron chi connectivity index (χ1n) is 20.3. The van der Waals surface area contributed by atoms with Crippen LogP contribution < -0.4 is 19.9 Å². The maximum absolute atomic E-state index is 14.4. The van der Waals surface area contributed by atoms with Crippen molar-refractivity contribution in [2.75, 3.05) is 11.5 Å². The topological polar surface area (TPSA) is 136 Å². The van der Waals surface area contributed by atoms with Gasteiger partial charge in [0, 0.05) is 28.2 Å². The lowest BCUT2D eigenvalue weighted by atomic mass is 9.82. The molecule has 4 aliphatic rings. The number of fused-ring (bicyclic) bond motifs is 7. The van der Waals surface area contributed by atoms with Gasteiger partial charge >= 0.3 is 0 Å². The molecular weight excluding hydrogens is 779 g/mol. The maximum Gasteiger partial charge on any atom is 0.266 e. The van der Waals surface area contributed by atoms with E-state index >= 15 is 0 Å². The van der Waals surface area contributed by atoms with Gasteiger partial charge in [-0.3, -0.25) is 24.0 Å². The molecule has 2 heterocycles. The van der Waals surface area contributed by atoms with E-state index in [1.807, 2.05) is 42.5 Å². The van der Waals surface area contributed by atoms with Gasteiger partial charge in [0.25, 0.3) is 17.4 Å². The molecule has 7 aromatic rings. The predicted octanol–water partition coefficient (Wildman–Crippen LogP) is 10.0. The van der Waals surface area contributed by atoms with Crippen LogP contribution in [0.2, 0.25) is 0 Å². The number of nitrogens with zero attached hydrogens (tertiary/aromatic N) is 2. The number of carbonyl (C=O) groups excluding carboxylic acids is 4. The number of ketones is 2. The van der Waals surface area contributed by atoms with Crippen LogP contribution in [0.1, 0.15) is 90.1 Å². The second-order valence-electron chi connectivity index (χ2n) is 16.5. The van der Waals surface area contributed by atoms with E-state index in [1.165, 1.54) is 16.0 Å². The van der Waals surface area contributed by atoms with Crippen LogP contribution >= 0.6 is 0 Å². The van der Waals surface area contributed by atoms with Crippen LogP contribution in [0.3, 0.4) is 0 Å². The Morgan fingerprint density at radius 3 is 2.06 bits per heavy atom. The lowest BCUT2D eigenvalue weighted by Crippen LogP contribution is -2.30. The highest BCUT2D eigenvalue weighted by Gasteiger charge is 2.43. The van der Waals surface area contributed by atoms with Crippen molar-refractivity contribution in [3.05, 3.63) is 189 Å². The molecule has 62 heavy (non-hydrogen) atoms. The van der Waals surface area contributed by atoms with Gasteiger partial charge in [0.05, 0.1) is 27.7 Å². The number of imide groups is 1. The van der Waals surface area contributed by atoms with E-state index in [9.17, 15) is 24.0 Å². The Bertz CT molecular complexity index is 3300. The van der Waals surface area contributed by atoms with Crippen LogP contribution in [0.5, 0.6) is 17.2 Å². The molecule has 300 valence electrons. The average Bonchev–Trinajstić information content (AvgIpc) is 4.01. The number of rotatable bonds is 8. The number of ether oxygens (including phenoxy) is 2. The van der Waals surface area contributed by atoms with Gasteiger partial charge in [0.1, 0.15) is 35.6 Å². The van der Waals surface area contributed by atoms with Crippen molar-refractivity contribution < 1.29 is 28.7 Å². The fraction of sp³-hybridized carbons (Fsp3) is 0.115. The minimum absolute atomic E-state index is 0.0683. The highest BCUT2D eigenvalue weighted by Crippen LogP contribution is 2.50. The number of aromatic amines is 1. The Kier molecular flexibility index (Phi) is 8.08. The van der Waals surface area contributed by atoms with Crippen LogP contribution in [0.25, 0.3) is 38.4 Å². The van der Waals surface area contributed by atoms with Gasteiger partial charge in [-0.15, -0.1) is 0 Å². The van der Waals surface area contributed by atoms with Gasteiger partial charge < -0.3 is 14.5 Å². The van der Waals surface area contributed by atoms with Gasteiger partial charge in [-0.25, -0.2) is 9.88 Å². The van der Waals surface area contributed by atoms with Crippen molar-refractivity contribution in [2.45, 2.75) is 31.6 Å². The third-order valence-electron chi connectivity index (χ3n) is 12.5. The van der Waals surface area contributed by atoms with E-state index in [0.29, 0.717) is 45.6 Å². The number of amides is 2. The van der Waals surface area contributed by atoms with Crippen molar-refractivity contribution in [1.82, 2.24) is 9.97 Å². The molecule has 0 spiro atoms. The van der Waals surface area contributed by atoms with E-state index in [1.54, 1.807) is 54.6 Å². The van der Waals surface area contributed by atoms with Crippen LogP contribution in [-0.4, -0.2) is 40.0 Å². The molecule has 1 aromatic heterocycles. The first kappa shape index (κ1) is 37.1. The number of allylic oxidation sites excluding steroid dienone is 4. The van der Waals surface area contributed by atoms with Crippen molar-refractivity contribution >= 4 is 56.3 Å². The van der Waals surface area contributed by atoms with Gasteiger partial charge in [0.2, 0.25) is 0 Å². The fourth-order valence-corrected chi connectivity index (χ4v) is 9.42. The van der Waals surface area contributed by atoms with Crippen LogP contribution in [0.4, 0.5) is 5.69 Å². The largest absolute Gasteiger partial charge is 0.490 e. The summed E-state index contributed by atoms with van der Waals surface area (Å²) in [6.07, 6.45) is 8.14. The van der Waals surface area contributed by atoms with Crippen molar-refractivity contribution in [3.8, 4) is 28.4 Å². The van der Waals surface area contributed by atoms with Crippen molar-refractivity contribution in [2.24, 2.45) is 0 Å². The summed E-state index contributed by atoms with van der Waals surface area (Å²) in [4.78, 5) is 78.3. The monoisotopic (exact) mass is 813 g/mol. The molecule has 1 N–H and O–H groups in total. The van der Waals surface area contributed by atoms with Crippen molar-refractivity contribution in [1.29, 1.82) is 0 Å². The molecule has 0 saturated carbocycles. The standard InChI is InChI=1S/C52H35N3O7/c1-4-19-61-30-15-18-43-40(24-30)49(58)54-48(53-43)45-46(56)36-20-28-22-38-39(23-29(28)21-37(36)47(45)57)51(60)55(50(38)59)44-26-32(13-16-33(44)27-9-5-6-10-27)62-31-14-17-35-34-11-7-8-12-41(34)52(2,3)42(35)25-31/h4-9,11-18,20-26,45H,1,10,19H2,2-3H3,(H,53,54,58). The van der Waals surface area contributed by atoms with E-state index in [-0.39, 0.29) is 45.5 Å². The van der Waals surface area contributed by atoms with E-state index in [2.05, 4.69) is 60.7 Å². The number of anilines is 1. The maximum atomic E-state index is 14.4. The molecule has 11 rings (SSSR count). The minimum Gasteiger partial charge on any atom is -0.490 e. The number of H-pyrrole nitrogens is 1. The minimum atomic E-state index is -1.37. The summed E-state index contributed by atoms with van der Waals surface area (Å²) in [7, 11) is 0. The molecule has 0 saturated heterocycles. The van der Waals surface area contributed by atoms with Crippen molar-refractivity contribution in [3.63, 3.8) is 0 Å². The van der Waals surface area contributed by atoms with Gasteiger partial charge in [-0.1, -0.05) is 75.1 Å². The number of nitrogens with one attached hydrogen (secondary N) is 1. The third kappa shape index (κ3) is 5.49. The second-order valence-corrected chi connectivity index (χ2v) is 16.5. The summed E-state index contributed by atoms with van der Waals surface area (Å²) in [6.45, 7) is 8.29. The molecule has 6 aromatic carbocycles. The van der Waals surface area contributed by atoms with E-state index in [0.717, 1.165) is 22.3 Å². The molecule has 2 amide bonds. The smallest absolute Gasteiger partial charge is 0.266 e. The molecule has 0 radical (unpaired) electrons. The summed E-state index contributed by atoms with van der Waals surface area (Å²) < 4.78 is 12.0. The number of benzene rings is 6. The summed E-state index contributed by atoms with van der Waals surface area (Å²) in [5, 5.41) is 1.24. The Labute approximate surface area is 354 Å². The highest BCUT2D eigenvalue weighted by atomic mass is 16.5. The Hall–Kier alpha value is -7.98. The fourth-order valence-electron chi connectivity index (χ4n) is 9.42. The lowest BCUT2D eigenvalue weighted by Gasteiger charge is -2.22. The molecule has 10 heteroatoms. The molecule has 0 fully saturated rings. The second kappa shape index (κ2) is 13.5. The Balaban J connectivity index is 0.925.